The smallest absolute Gasteiger partial charge is 0.314 e. The summed E-state index contributed by atoms with van der Waals surface area (Å²) >= 11 is 9.49. The Balaban J connectivity index is 2.52. The molecule has 1 aromatic rings. The molecule has 0 saturated heterocycles. The zero-order valence-corrected chi connectivity index (χ0v) is 12.7. The molecule has 1 aliphatic rings. The van der Waals surface area contributed by atoms with Crippen LogP contribution in [0.4, 0.5) is 0 Å². The van der Waals surface area contributed by atoms with Crippen LogP contribution in [-0.4, -0.2) is 23.6 Å². The number of aliphatic carboxylic acids is 1. The minimum atomic E-state index is -0.728. The zero-order chi connectivity index (χ0) is 13.3. The Labute approximate surface area is 120 Å². The molecule has 1 aromatic carbocycles. The van der Waals surface area contributed by atoms with Crippen LogP contribution >= 0.6 is 35.1 Å². The summed E-state index contributed by atoms with van der Waals surface area (Å²) in [6, 6.07) is 3.83. The van der Waals surface area contributed by atoms with E-state index >= 15 is 0 Å². The maximum absolute atomic E-state index is 11.5. The van der Waals surface area contributed by atoms with E-state index in [-0.39, 0.29) is 0 Å². The van der Waals surface area contributed by atoms with Crippen molar-refractivity contribution in [3.63, 3.8) is 0 Å². The lowest BCUT2D eigenvalue weighted by Gasteiger charge is -2.38. The number of carbonyl (C=O) groups is 1. The van der Waals surface area contributed by atoms with E-state index in [2.05, 4.69) is 0 Å². The van der Waals surface area contributed by atoms with Crippen molar-refractivity contribution in [2.75, 3.05) is 12.5 Å². The summed E-state index contributed by atoms with van der Waals surface area (Å²) < 4.78 is 0. The number of carboxylic acids is 1. The van der Waals surface area contributed by atoms with Crippen LogP contribution in [0.3, 0.4) is 0 Å². The molecule has 1 fully saturated rings. The third-order valence-electron chi connectivity index (χ3n) is 3.60. The Hall–Kier alpha value is -0.320. The first kappa shape index (κ1) is 14.1. The third kappa shape index (κ3) is 2.15. The number of rotatable bonds is 4. The van der Waals surface area contributed by atoms with E-state index in [9.17, 15) is 9.90 Å². The van der Waals surface area contributed by atoms with Crippen molar-refractivity contribution in [1.29, 1.82) is 0 Å². The molecule has 18 heavy (non-hydrogen) atoms. The van der Waals surface area contributed by atoms with Crippen LogP contribution in [0.5, 0.6) is 0 Å². The molecule has 1 N–H and O–H groups in total. The van der Waals surface area contributed by atoms with Crippen LogP contribution in [0.1, 0.15) is 24.8 Å². The van der Waals surface area contributed by atoms with Gasteiger partial charge < -0.3 is 5.11 Å². The van der Waals surface area contributed by atoms with Crippen molar-refractivity contribution < 1.29 is 9.90 Å². The van der Waals surface area contributed by atoms with Gasteiger partial charge in [-0.25, -0.2) is 0 Å². The second-order valence-corrected chi connectivity index (χ2v) is 6.51. The van der Waals surface area contributed by atoms with Gasteiger partial charge in [-0.2, -0.15) is 0 Å². The summed E-state index contributed by atoms with van der Waals surface area (Å²) in [4.78, 5) is 13.6. The minimum Gasteiger partial charge on any atom is -0.481 e. The van der Waals surface area contributed by atoms with Crippen molar-refractivity contribution >= 4 is 41.1 Å². The average molecular weight is 303 g/mol. The number of hydrogen-bond donors (Lipinski definition) is 1. The van der Waals surface area contributed by atoms with Crippen LogP contribution in [0.25, 0.3) is 0 Å². The molecule has 2 rings (SSSR count). The van der Waals surface area contributed by atoms with Gasteiger partial charge in [-0.15, -0.1) is 23.5 Å². The normalized spacial score (nSPS) is 17.3. The van der Waals surface area contributed by atoms with Gasteiger partial charge in [0.25, 0.3) is 0 Å². The second-order valence-electron chi connectivity index (χ2n) is 4.43. The van der Waals surface area contributed by atoms with Gasteiger partial charge in [-0.3, -0.25) is 4.79 Å². The molecule has 0 unspecified atom stereocenters. The highest BCUT2D eigenvalue weighted by Crippen LogP contribution is 2.47. The molecule has 2 nitrogen and oxygen atoms in total. The van der Waals surface area contributed by atoms with Gasteiger partial charge in [0.15, 0.2) is 0 Å². The van der Waals surface area contributed by atoms with Crippen molar-refractivity contribution in [1.82, 2.24) is 0 Å². The van der Waals surface area contributed by atoms with E-state index in [1.807, 2.05) is 24.6 Å². The highest BCUT2D eigenvalue weighted by molar-refractivity contribution is 8.01. The molecule has 0 radical (unpaired) electrons. The molecule has 0 atom stereocenters. The summed E-state index contributed by atoms with van der Waals surface area (Å²) in [6.45, 7) is 0. The summed E-state index contributed by atoms with van der Waals surface area (Å²) in [7, 11) is 0. The van der Waals surface area contributed by atoms with E-state index in [0.717, 1.165) is 21.8 Å². The van der Waals surface area contributed by atoms with Crippen LogP contribution in [0.15, 0.2) is 21.9 Å². The van der Waals surface area contributed by atoms with Gasteiger partial charge in [-0.1, -0.05) is 18.0 Å². The fourth-order valence-electron chi connectivity index (χ4n) is 2.35. The summed E-state index contributed by atoms with van der Waals surface area (Å²) in [5.41, 5.74) is 0.152. The Morgan fingerprint density at radius 1 is 1.33 bits per heavy atom. The van der Waals surface area contributed by atoms with Gasteiger partial charge in [0.2, 0.25) is 0 Å². The fourth-order valence-corrected chi connectivity index (χ4v) is 4.41. The molecule has 5 heteroatoms. The molecular weight excluding hydrogens is 288 g/mol. The summed E-state index contributed by atoms with van der Waals surface area (Å²) in [5.74, 6) is -0.728. The lowest BCUT2D eigenvalue weighted by atomic mass is 9.64. The predicted molar refractivity (Wildman–Crippen MR) is 78.2 cm³/mol. The first-order valence-corrected chi connectivity index (χ1v) is 8.53. The number of hydrogen-bond acceptors (Lipinski definition) is 3. The van der Waals surface area contributed by atoms with Crippen molar-refractivity contribution in [3.05, 3.63) is 22.7 Å². The van der Waals surface area contributed by atoms with Crippen molar-refractivity contribution in [3.8, 4) is 0 Å². The van der Waals surface area contributed by atoms with Gasteiger partial charge in [0.1, 0.15) is 0 Å². The van der Waals surface area contributed by atoms with Crippen LogP contribution in [0, 0.1) is 0 Å². The van der Waals surface area contributed by atoms with E-state index in [1.54, 1.807) is 23.5 Å². The van der Waals surface area contributed by atoms with E-state index in [0.29, 0.717) is 17.9 Å². The molecular formula is C13H15ClO2S2. The SMILES string of the molecule is CSc1cc(C2(C(=O)O)CCC2)cc(Cl)c1SC. The van der Waals surface area contributed by atoms with E-state index < -0.39 is 11.4 Å². The molecule has 0 aliphatic heterocycles. The molecule has 0 heterocycles. The molecule has 0 amide bonds. The zero-order valence-electron chi connectivity index (χ0n) is 10.3. The lowest BCUT2D eigenvalue weighted by Crippen LogP contribution is -2.42. The molecule has 0 spiro atoms. The van der Waals surface area contributed by atoms with Gasteiger partial charge in [-0.05, 0) is 43.0 Å². The van der Waals surface area contributed by atoms with Crippen LogP contribution < -0.4 is 0 Å². The largest absolute Gasteiger partial charge is 0.481 e. The second kappa shape index (κ2) is 5.35. The maximum atomic E-state index is 11.5. The Kier molecular flexibility index (Phi) is 4.19. The molecule has 1 saturated carbocycles. The number of thioether (sulfide) groups is 2. The topological polar surface area (TPSA) is 37.3 Å². The monoisotopic (exact) mass is 302 g/mol. The first-order chi connectivity index (χ1) is 8.55. The van der Waals surface area contributed by atoms with Gasteiger partial charge in [0, 0.05) is 9.79 Å². The Bertz CT molecular complexity index is 484. The van der Waals surface area contributed by atoms with Crippen LogP contribution in [-0.2, 0) is 10.2 Å². The predicted octanol–water partition coefficient (Wildman–Crippen LogP) is 4.29. The lowest BCUT2D eigenvalue weighted by molar-refractivity contribution is -0.147. The van der Waals surface area contributed by atoms with E-state index in [4.69, 9.17) is 11.6 Å². The van der Waals surface area contributed by atoms with Crippen LogP contribution in [0.2, 0.25) is 5.02 Å². The maximum Gasteiger partial charge on any atom is 0.314 e. The molecule has 1 aliphatic carbocycles. The summed E-state index contributed by atoms with van der Waals surface area (Å²) in [5, 5.41) is 10.1. The molecule has 0 aromatic heterocycles. The van der Waals surface area contributed by atoms with E-state index in [1.165, 1.54) is 0 Å². The third-order valence-corrected chi connectivity index (χ3v) is 5.75. The molecule has 98 valence electrons. The summed E-state index contributed by atoms with van der Waals surface area (Å²) in [6.07, 6.45) is 6.37. The number of halogens is 1. The number of carboxylic acid groups (broad SMARTS) is 1. The quantitative estimate of drug-likeness (QED) is 0.842. The van der Waals surface area contributed by atoms with Gasteiger partial charge in [0.05, 0.1) is 10.4 Å². The fraction of sp³-hybridized carbons (Fsp3) is 0.462. The minimum absolute atomic E-state index is 0.664. The Morgan fingerprint density at radius 3 is 2.39 bits per heavy atom. The Morgan fingerprint density at radius 2 is 2.00 bits per heavy atom. The molecule has 0 bridgehead atoms. The first-order valence-electron chi connectivity index (χ1n) is 5.70. The number of benzene rings is 1. The van der Waals surface area contributed by atoms with Crippen molar-refractivity contribution in [2.45, 2.75) is 34.5 Å². The average Bonchev–Trinajstić information content (AvgIpc) is 2.26. The van der Waals surface area contributed by atoms with Crippen molar-refractivity contribution in [2.24, 2.45) is 0 Å². The highest BCUT2D eigenvalue weighted by Gasteiger charge is 2.46. The standard InChI is InChI=1S/C13H15ClO2S2/c1-17-10-7-8(6-9(14)11(10)18-2)13(12(15)16)4-3-5-13/h6-7H,3-5H2,1-2H3,(H,15,16). The highest BCUT2D eigenvalue weighted by atomic mass is 35.5. The van der Waals surface area contributed by atoms with Gasteiger partial charge >= 0.3 is 5.97 Å².